The number of aryl methyl sites for hydroxylation is 4. The third kappa shape index (κ3) is 24.0. The molecular weight excluding hydrogens is 629 g/mol. The van der Waals surface area contributed by atoms with E-state index in [1.54, 1.807) is 0 Å². The van der Waals surface area contributed by atoms with Gasteiger partial charge in [0.15, 0.2) is 10.1 Å². The first kappa shape index (κ1) is 47.2. The number of halogens is 8. The van der Waals surface area contributed by atoms with Crippen LogP contribution in [0.5, 0.6) is 0 Å². The van der Waals surface area contributed by atoms with Gasteiger partial charge in [-0.25, -0.2) is 26.7 Å². The molecule has 2 rings (SSSR count). The second-order valence-electron chi connectivity index (χ2n) is 7.16. The van der Waals surface area contributed by atoms with Gasteiger partial charge in [-0.1, -0.05) is 34.1 Å². The third-order valence-corrected chi connectivity index (χ3v) is 4.92. The van der Waals surface area contributed by atoms with E-state index in [4.69, 9.17) is 25.9 Å². The van der Waals surface area contributed by atoms with Gasteiger partial charge in [0.05, 0.1) is 27.2 Å². The summed E-state index contributed by atoms with van der Waals surface area (Å²) in [5.41, 5.74) is -11.2. The predicted octanol–water partition coefficient (Wildman–Crippen LogP) is 0.733. The summed E-state index contributed by atoms with van der Waals surface area (Å²) in [6.45, 7) is 6.72. The Labute approximate surface area is 238 Å². The molecule has 0 saturated carbocycles. The predicted molar refractivity (Wildman–Crippen MR) is 128 cm³/mol. The van der Waals surface area contributed by atoms with Crippen molar-refractivity contribution in [1.82, 2.24) is 9.13 Å². The molecule has 0 aliphatic carbocycles. The topological polar surface area (TPSA) is 129 Å². The van der Waals surface area contributed by atoms with Crippen molar-refractivity contribution in [2.75, 3.05) is 0 Å². The molecule has 20 heteroatoms. The molecular formula is C19H36Cl2F6N4O6S2. The Morgan fingerprint density at radius 3 is 1.18 bits per heavy atom. The first-order valence-electron chi connectivity index (χ1n) is 10.2. The van der Waals surface area contributed by atoms with E-state index in [1.807, 2.05) is 14.1 Å². The van der Waals surface area contributed by atoms with Crippen LogP contribution in [0, 0.1) is 0 Å². The highest BCUT2D eigenvalue weighted by Gasteiger charge is 2.44. The first-order chi connectivity index (χ1) is 16.2. The van der Waals surface area contributed by atoms with E-state index in [2.05, 4.69) is 69.6 Å². The van der Waals surface area contributed by atoms with Crippen LogP contribution >= 0.6 is 12.4 Å². The van der Waals surface area contributed by atoms with Crippen molar-refractivity contribution < 1.29 is 73.8 Å². The number of imidazole rings is 2. The van der Waals surface area contributed by atoms with Gasteiger partial charge in [-0.3, -0.25) is 4.55 Å². The van der Waals surface area contributed by atoms with Crippen molar-refractivity contribution in [3.63, 3.8) is 0 Å². The Kier molecular flexibility index (Phi) is 25.6. The monoisotopic (exact) mass is 664 g/mol. The standard InChI is InChI=1S/2C8H15N2.2CHF3O3S.CH4.2ClH/c2*1-3-4-5-10-7-6-9(2)8-10;2*2-1(3,4)8(5,6)7;;;/h2*6-8H,3-5H2,1-2H3;2*(H,5,6,7);1H4;2*1H/q2*+1;;;;;/p-2. The summed E-state index contributed by atoms with van der Waals surface area (Å²) in [5.74, 6) is 0. The maximum Gasteiger partial charge on any atom is 0.522 e. The number of hydrogen-bond acceptors (Lipinski definition) is 5. The summed E-state index contributed by atoms with van der Waals surface area (Å²) >= 11 is 0. The van der Waals surface area contributed by atoms with Crippen LogP contribution in [0.4, 0.5) is 26.3 Å². The van der Waals surface area contributed by atoms with Gasteiger partial charge in [0.25, 0.3) is 0 Å². The number of unbranched alkanes of at least 4 members (excludes halogenated alkanes) is 2. The summed E-state index contributed by atoms with van der Waals surface area (Å²) in [7, 11) is -7.84. The summed E-state index contributed by atoms with van der Waals surface area (Å²) in [5, 5.41) is 0. The molecule has 10 nitrogen and oxygen atoms in total. The maximum atomic E-state index is 10.7. The minimum Gasteiger partial charge on any atom is -1.00 e. The maximum absolute atomic E-state index is 10.7. The van der Waals surface area contributed by atoms with Gasteiger partial charge in [-0.15, -0.1) is 12.4 Å². The van der Waals surface area contributed by atoms with Crippen molar-refractivity contribution in [1.29, 1.82) is 0 Å². The molecule has 0 fully saturated rings. The molecule has 0 bridgehead atoms. The zero-order chi connectivity index (χ0) is 28.8. The quantitative estimate of drug-likeness (QED) is 0.210. The van der Waals surface area contributed by atoms with Crippen molar-refractivity contribution >= 4 is 32.6 Å². The van der Waals surface area contributed by atoms with Crippen LogP contribution < -0.4 is 21.5 Å². The van der Waals surface area contributed by atoms with Crippen LogP contribution in [0.15, 0.2) is 37.4 Å². The fourth-order valence-electron chi connectivity index (χ4n) is 1.95. The van der Waals surface area contributed by atoms with Gasteiger partial charge < -0.3 is 17.0 Å². The average Bonchev–Trinajstić information content (AvgIpc) is 3.31. The number of nitrogens with zero attached hydrogens (tertiary/aromatic N) is 4. The van der Waals surface area contributed by atoms with Gasteiger partial charge in [0, 0.05) is 0 Å². The zero-order valence-electron chi connectivity index (χ0n) is 20.9. The molecule has 0 aromatic carbocycles. The number of alkyl halides is 6. The van der Waals surface area contributed by atoms with Gasteiger partial charge in [0.1, 0.15) is 24.8 Å². The van der Waals surface area contributed by atoms with Gasteiger partial charge in [-0.2, -0.15) is 34.8 Å². The van der Waals surface area contributed by atoms with Crippen LogP contribution in [0.2, 0.25) is 0 Å². The van der Waals surface area contributed by atoms with Crippen LogP contribution in [0.3, 0.4) is 0 Å². The normalized spacial score (nSPS) is 11.0. The molecule has 0 aliphatic heterocycles. The molecule has 0 atom stereocenters. The Bertz CT molecular complexity index is 1010. The molecule has 0 saturated heterocycles. The zero-order valence-corrected chi connectivity index (χ0v) is 24.1. The van der Waals surface area contributed by atoms with E-state index < -0.39 is 31.3 Å². The molecule has 2 aromatic heterocycles. The van der Waals surface area contributed by atoms with Crippen molar-refractivity contribution in [2.45, 2.75) is 71.1 Å². The Morgan fingerprint density at radius 1 is 0.795 bits per heavy atom. The van der Waals surface area contributed by atoms with Gasteiger partial charge in [0.2, 0.25) is 12.7 Å². The van der Waals surface area contributed by atoms with Crippen molar-refractivity contribution in [2.24, 2.45) is 14.1 Å². The lowest BCUT2D eigenvalue weighted by atomic mass is 10.3. The minimum atomic E-state index is -6.09. The molecule has 2 heterocycles. The molecule has 1 N–H and O–H groups in total. The Balaban J connectivity index is -0.000000129. The molecule has 2 aromatic rings. The van der Waals surface area contributed by atoms with Gasteiger partial charge >= 0.3 is 21.1 Å². The van der Waals surface area contributed by atoms with E-state index >= 15 is 0 Å². The fourth-order valence-corrected chi connectivity index (χ4v) is 1.95. The van der Waals surface area contributed by atoms with Crippen molar-refractivity contribution in [3.05, 3.63) is 37.4 Å². The summed E-state index contributed by atoms with van der Waals surface area (Å²) in [6, 6.07) is 0. The summed E-state index contributed by atoms with van der Waals surface area (Å²) in [4.78, 5) is 0. The van der Waals surface area contributed by atoms with E-state index in [1.165, 1.54) is 25.7 Å². The second kappa shape index (κ2) is 21.2. The number of aromatic nitrogens is 4. The van der Waals surface area contributed by atoms with Gasteiger partial charge in [-0.05, 0) is 12.8 Å². The lowest BCUT2D eigenvalue weighted by molar-refractivity contribution is -0.671. The lowest BCUT2D eigenvalue weighted by Gasteiger charge is -2.08. The van der Waals surface area contributed by atoms with Crippen LogP contribution in [-0.2, 0) is 47.4 Å². The minimum absolute atomic E-state index is 0. The molecule has 0 unspecified atom stereocenters. The summed E-state index contributed by atoms with van der Waals surface area (Å²) < 4.78 is 125. The largest absolute Gasteiger partial charge is 1.00 e. The Morgan fingerprint density at radius 2 is 1.05 bits per heavy atom. The number of rotatable bonds is 6. The van der Waals surface area contributed by atoms with E-state index in [9.17, 15) is 26.3 Å². The second-order valence-corrected chi connectivity index (χ2v) is 9.95. The first-order valence-corrected chi connectivity index (χ1v) is 13.1. The molecule has 236 valence electrons. The summed E-state index contributed by atoms with van der Waals surface area (Å²) in [6.07, 6.45) is 17.6. The van der Waals surface area contributed by atoms with E-state index in [0.29, 0.717) is 0 Å². The smallest absolute Gasteiger partial charge is 0.522 e. The molecule has 0 aliphatic rings. The highest BCUT2D eigenvalue weighted by atomic mass is 35.5. The van der Waals surface area contributed by atoms with Crippen molar-refractivity contribution in [3.8, 4) is 0 Å². The lowest BCUT2D eigenvalue weighted by Crippen LogP contribution is -3.00. The van der Waals surface area contributed by atoms with Crippen LogP contribution in [-0.4, -0.2) is 46.1 Å². The molecule has 0 spiro atoms. The van der Waals surface area contributed by atoms with E-state index in [-0.39, 0.29) is 32.2 Å². The molecule has 0 radical (unpaired) electrons. The third-order valence-electron chi connectivity index (χ3n) is 3.76. The van der Waals surface area contributed by atoms with Crippen LogP contribution in [0.25, 0.3) is 0 Å². The average molecular weight is 666 g/mol. The number of hydrogen-bond donors (Lipinski definition) is 1. The highest BCUT2D eigenvalue weighted by molar-refractivity contribution is 7.86. The van der Waals surface area contributed by atoms with E-state index in [0.717, 1.165) is 13.1 Å². The molecule has 0 amide bonds. The highest BCUT2D eigenvalue weighted by Crippen LogP contribution is 2.21. The Hall–Kier alpha value is -1.60. The SMILES string of the molecule is C.CCCCn1cc[n+](C)c1.CCCCn1cc[n+](C)c1.Cl.O=S(=O)(O)C(F)(F)F.O=S(=O)([O-])C(F)(F)F.[Cl-]. The molecule has 39 heavy (non-hydrogen) atoms. The fraction of sp³-hybridized carbons (Fsp3) is 0.684. The van der Waals surface area contributed by atoms with Crippen LogP contribution in [0.1, 0.15) is 47.0 Å².